The summed E-state index contributed by atoms with van der Waals surface area (Å²) in [5.41, 5.74) is 2.01. The van der Waals surface area contributed by atoms with Crippen LogP contribution in [0, 0.1) is 11.8 Å². The topological polar surface area (TPSA) is 84.2 Å². The van der Waals surface area contributed by atoms with Crippen LogP contribution in [0.3, 0.4) is 0 Å². The molecule has 2 unspecified atom stereocenters. The molecule has 6 nitrogen and oxygen atoms in total. The van der Waals surface area contributed by atoms with Gasteiger partial charge < -0.3 is 10.4 Å². The first-order chi connectivity index (χ1) is 10.6. The molecular formula is C16H17N3O3. The first-order valence-electron chi connectivity index (χ1n) is 7.24. The zero-order valence-corrected chi connectivity index (χ0v) is 12.0. The number of rotatable bonds is 6. The average Bonchev–Trinajstić information content (AvgIpc) is 3.21. The summed E-state index contributed by atoms with van der Waals surface area (Å²) in [7, 11) is 0. The number of hydrogen-bond donors (Lipinski definition) is 2. The van der Waals surface area contributed by atoms with Crippen molar-refractivity contribution in [2.24, 2.45) is 11.8 Å². The normalized spacial score (nSPS) is 19.6. The Hall–Kier alpha value is -2.63. The van der Waals surface area contributed by atoms with Gasteiger partial charge in [-0.1, -0.05) is 18.2 Å². The lowest BCUT2D eigenvalue weighted by atomic mass is 10.2. The number of aromatic nitrogens is 2. The summed E-state index contributed by atoms with van der Waals surface area (Å²) < 4.78 is 1.79. The minimum Gasteiger partial charge on any atom is -0.481 e. The molecule has 0 spiro atoms. The SMILES string of the molecule is O=C(O)C1CC1C(=O)NCCc1cnn(-c2ccccc2)c1. The van der Waals surface area contributed by atoms with Crippen LogP contribution in [-0.2, 0) is 16.0 Å². The highest BCUT2D eigenvalue weighted by atomic mass is 16.4. The van der Waals surface area contributed by atoms with E-state index in [9.17, 15) is 9.59 Å². The van der Waals surface area contributed by atoms with Crippen molar-refractivity contribution in [1.82, 2.24) is 15.1 Å². The molecule has 6 heteroatoms. The Morgan fingerprint density at radius 2 is 2.05 bits per heavy atom. The minimum atomic E-state index is -0.885. The Balaban J connectivity index is 1.48. The summed E-state index contributed by atoms with van der Waals surface area (Å²) in [6.07, 6.45) is 4.82. The van der Waals surface area contributed by atoms with E-state index in [0.29, 0.717) is 19.4 Å². The van der Waals surface area contributed by atoms with Gasteiger partial charge in [-0.15, -0.1) is 0 Å². The quantitative estimate of drug-likeness (QED) is 0.841. The number of nitrogens with zero attached hydrogens (tertiary/aromatic N) is 2. The fourth-order valence-electron chi connectivity index (χ4n) is 2.43. The van der Waals surface area contributed by atoms with Crippen LogP contribution in [0.1, 0.15) is 12.0 Å². The maximum atomic E-state index is 11.7. The second-order valence-electron chi connectivity index (χ2n) is 5.46. The van der Waals surface area contributed by atoms with Crippen molar-refractivity contribution in [1.29, 1.82) is 0 Å². The van der Waals surface area contributed by atoms with Gasteiger partial charge in [0.05, 0.1) is 23.7 Å². The molecule has 3 rings (SSSR count). The van der Waals surface area contributed by atoms with Gasteiger partial charge in [0.25, 0.3) is 0 Å². The molecule has 1 fully saturated rings. The Morgan fingerprint density at radius 1 is 1.27 bits per heavy atom. The van der Waals surface area contributed by atoms with Crippen LogP contribution < -0.4 is 5.32 Å². The molecule has 0 bridgehead atoms. The molecule has 22 heavy (non-hydrogen) atoms. The van der Waals surface area contributed by atoms with Crippen LogP contribution in [0.5, 0.6) is 0 Å². The smallest absolute Gasteiger partial charge is 0.307 e. The van der Waals surface area contributed by atoms with Crippen LogP contribution in [0.25, 0.3) is 5.69 Å². The van der Waals surface area contributed by atoms with E-state index in [0.717, 1.165) is 11.3 Å². The third-order valence-corrected chi connectivity index (χ3v) is 3.81. The van der Waals surface area contributed by atoms with Gasteiger partial charge in [-0.05, 0) is 30.5 Å². The maximum absolute atomic E-state index is 11.7. The first kappa shape index (κ1) is 14.3. The van der Waals surface area contributed by atoms with E-state index >= 15 is 0 Å². The van der Waals surface area contributed by atoms with Crippen molar-refractivity contribution < 1.29 is 14.7 Å². The van der Waals surface area contributed by atoms with Crippen LogP contribution >= 0.6 is 0 Å². The molecule has 1 aliphatic carbocycles. The zero-order valence-electron chi connectivity index (χ0n) is 12.0. The molecule has 1 aliphatic rings. The lowest BCUT2D eigenvalue weighted by Gasteiger charge is -2.03. The predicted octanol–water partition coefficient (Wildman–Crippen LogP) is 1.25. The van der Waals surface area contributed by atoms with Crippen molar-refractivity contribution in [3.63, 3.8) is 0 Å². The van der Waals surface area contributed by atoms with Crippen molar-refractivity contribution in [2.45, 2.75) is 12.8 Å². The van der Waals surface area contributed by atoms with Gasteiger partial charge in [0, 0.05) is 12.7 Å². The number of carboxylic acid groups (broad SMARTS) is 1. The monoisotopic (exact) mass is 299 g/mol. The summed E-state index contributed by atoms with van der Waals surface area (Å²) in [5.74, 6) is -1.91. The summed E-state index contributed by atoms with van der Waals surface area (Å²) in [6, 6.07) is 9.79. The van der Waals surface area contributed by atoms with Gasteiger partial charge in [-0.2, -0.15) is 5.10 Å². The summed E-state index contributed by atoms with van der Waals surface area (Å²) in [4.78, 5) is 22.5. The highest BCUT2D eigenvalue weighted by Crippen LogP contribution is 2.38. The number of hydrogen-bond acceptors (Lipinski definition) is 3. The van der Waals surface area contributed by atoms with Crippen molar-refractivity contribution in [3.8, 4) is 5.69 Å². The van der Waals surface area contributed by atoms with Gasteiger partial charge >= 0.3 is 5.97 Å². The van der Waals surface area contributed by atoms with Gasteiger partial charge in [0.15, 0.2) is 0 Å². The fourth-order valence-corrected chi connectivity index (χ4v) is 2.43. The summed E-state index contributed by atoms with van der Waals surface area (Å²) >= 11 is 0. The maximum Gasteiger partial charge on any atom is 0.307 e. The predicted molar refractivity (Wildman–Crippen MR) is 79.5 cm³/mol. The van der Waals surface area contributed by atoms with E-state index in [1.165, 1.54) is 0 Å². The Labute approximate surface area is 127 Å². The van der Waals surface area contributed by atoms with Crippen molar-refractivity contribution >= 4 is 11.9 Å². The molecule has 0 radical (unpaired) electrons. The average molecular weight is 299 g/mol. The molecule has 1 amide bonds. The molecule has 0 saturated heterocycles. The third kappa shape index (κ3) is 3.16. The Kier molecular flexibility index (Phi) is 3.91. The lowest BCUT2D eigenvalue weighted by molar-refractivity contribution is -0.140. The molecule has 1 aromatic carbocycles. The highest BCUT2D eigenvalue weighted by Gasteiger charge is 2.48. The minimum absolute atomic E-state index is 0.164. The van der Waals surface area contributed by atoms with Gasteiger partial charge in [0.1, 0.15) is 0 Å². The van der Waals surface area contributed by atoms with E-state index in [4.69, 9.17) is 5.11 Å². The number of benzene rings is 1. The molecule has 114 valence electrons. The Bertz CT molecular complexity index is 681. The first-order valence-corrected chi connectivity index (χ1v) is 7.24. The van der Waals surface area contributed by atoms with E-state index in [-0.39, 0.29) is 11.8 Å². The van der Waals surface area contributed by atoms with E-state index < -0.39 is 11.9 Å². The number of aliphatic carboxylic acids is 1. The zero-order chi connectivity index (χ0) is 15.5. The standard InChI is InChI=1S/C16H17N3O3/c20-15(13-8-14(13)16(21)22)17-7-6-11-9-18-19(10-11)12-4-2-1-3-5-12/h1-5,9-10,13-14H,6-8H2,(H,17,20)(H,21,22). The highest BCUT2D eigenvalue weighted by molar-refractivity contribution is 5.89. The van der Waals surface area contributed by atoms with Crippen LogP contribution in [0.4, 0.5) is 0 Å². The number of para-hydroxylation sites is 1. The van der Waals surface area contributed by atoms with Crippen LogP contribution in [-0.4, -0.2) is 33.3 Å². The molecule has 2 atom stereocenters. The number of carboxylic acids is 1. The molecule has 0 aliphatic heterocycles. The number of carbonyl (C=O) groups is 2. The van der Waals surface area contributed by atoms with Gasteiger partial charge in [-0.25, -0.2) is 4.68 Å². The largest absolute Gasteiger partial charge is 0.481 e. The third-order valence-electron chi connectivity index (χ3n) is 3.81. The van der Waals surface area contributed by atoms with E-state index in [2.05, 4.69) is 10.4 Å². The van der Waals surface area contributed by atoms with E-state index in [1.807, 2.05) is 36.5 Å². The fraction of sp³-hybridized carbons (Fsp3) is 0.312. The molecule has 1 saturated carbocycles. The second-order valence-corrected chi connectivity index (χ2v) is 5.46. The number of amides is 1. The summed E-state index contributed by atoms with van der Waals surface area (Å²) in [6.45, 7) is 0.488. The van der Waals surface area contributed by atoms with Gasteiger partial charge in [-0.3, -0.25) is 9.59 Å². The van der Waals surface area contributed by atoms with Crippen LogP contribution in [0.15, 0.2) is 42.7 Å². The van der Waals surface area contributed by atoms with E-state index in [1.54, 1.807) is 10.9 Å². The van der Waals surface area contributed by atoms with Crippen LogP contribution in [0.2, 0.25) is 0 Å². The number of carbonyl (C=O) groups excluding carboxylic acids is 1. The second kappa shape index (κ2) is 6.01. The molecule has 1 heterocycles. The Morgan fingerprint density at radius 3 is 2.73 bits per heavy atom. The molecular weight excluding hydrogens is 282 g/mol. The molecule has 1 aromatic heterocycles. The lowest BCUT2D eigenvalue weighted by Crippen LogP contribution is -2.28. The summed E-state index contributed by atoms with van der Waals surface area (Å²) in [5, 5.41) is 15.9. The molecule has 2 N–H and O–H groups in total. The van der Waals surface area contributed by atoms with Crippen molar-refractivity contribution in [3.05, 3.63) is 48.3 Å². The van der Waals surface area contributed by atoms with Crippen molar-refractivity contribution in [2.75, 3.05) is 6.54 Å². The van der Waals surface area contributed by atoms with Gasteiger partial charge in [0.2, 0.25) is 5.91 Å². The molecule has 2 aromatic rings. The number of nitrogens with one attached hydrogen (secondary N) is 1.